The largest absolute Gasteiger partial charge is 0.350 e. The lowest BCUT2D eigenvalue weighted by atomic mass is 9.85. The van der Waals surface area contributed by atoms with Crippen LogP contribution in [0.1, 0.15) is 36.9 Å². The Kier molecular flexibility index (Phi) is 3.97. The molecule has 1 amide bonds. The van der Waals surface area contributed by atoms with Gasteiger partial charge in [0.25, 0.3) is 0 Å². The molecule has 0 aromatic carbocycles. The number of rotatable bonds is 4. The van der Waals surface area contributed by atoms with Gasteiger partial charge in [-0.3, -0.25) is 9.78 Å². The van der Waals surface area contributed by atoms with Crippen molar-refractivity contribution in [2.75, 3.05) is 6.54 Å². The lowest BCUT2D eigenvalue weighted by Crippen LogP contribution is -2.44. The lowest BCUT2D eigenvalue weighted by molar-refractivity contribution is -0.130. The van der Waals surface area contributed by atoms with Crippen LogP contribution in [-0.4, -0.2) is 17.4 Å². The molecular weight excluding hydrogens is 226 g/mol. The highest BCUT2D eigenvalue weighted by Crippen LogP contribution is 2.37. The second-order valence-electron chi connectivity index (χ2n) is 5.14. The first-order chi connectivity index (χ1) is 8.68. The van der Waals surface area contributed by atoms with Crippen LogP contribution in [0.25, 0.3) is 0 Å². The minimum Gasteiger partial charge on any atom is -0.350 e. The summed E-state index contributed by atoms with van der Waals surface area (Å²) < 4.78 is 0. The van der Waals surface area contributed by atoms with E-state index in [-0.39, 0.29) is 11.3 Å². The van der Waals surface area contributed by atoms with Crippen molar-refractivity contribution in [1.29, 1.82) is 0 Å². The van der Waals surface area contributed by atoms with Crippen LogP contribution in [0, 0.1) is 12.3 Å². The molecule has 3 N–H and O–H groups in total. The van der Waals surface area contributed by atoms with Crippen LogP contribution in [0.2, 0.25) is 0 Å². The van der Waals surface area contributed by atoms with Crippen LogP contribution in [0.15, 0.2) is 18.3 Å². The van der Waals surface area contributed by atoms with Crippen molar-refractivity contribution in [3.05, 3.63) is 29.6 Å². The first-order valence-electron chi connectivity index (χ1n) is 6.57. The molecule has 0 aliphatic heterocycles. The van der Waals surface area contributed by atoms with Crippen LogP contribution >= 0.6 is 0 Å². The van der Waals surface area contributed by atoms with Crippen LogP contribution in [0.3, 0.4) is 0 Å². The van der Waals surface area contributed by atoms with E-state index in [9.17, 15) is 4.79 Å². The Morgan fingerprint density at radius 1 is 1.50 bits per heavy atom. The van der Waals surface area contributed by atoms with Gasteiger partial charge in [-0.05, 0) is 31.4 Å². The number of nitrogens with one attached hydrogen (secondary N) is 1. The monoisotopic (exact) mass is 247 g/mol. The normalized spacial score (nSPS) is 17.7. The second kappa shape index (κ2) is 5.48. The third-order valence-corrected chi connectivity index (χ3v) is 3.97. The third kappa shape index (κ3) is 2.53. The summed E-state index contributed by atoms with van der Waals surface area (Å²) in [6.45, 7) is 2.94. The van der Waals surface area contributed by atoms with E-state index in [4.69, 9.17) is 5.73 Å². The molecule has 1 aliphatic carbocycles. The second-order valence-corrected chi connectivity index (χ2v) is 5.14. The quantitative estimate of drug-likeness (QED) is 0.847. The number of amides is 1. The molecule has 1 aromatic rings. The molecule has 1 aromatic heterocycles. The fourth-order valence-corrected chi connectivity index (χ4v) is 2.63. The van der Waals surface area contributed by atoms with Gasteiger partial charge in [-0.25, -0.2) is 0 Å². The summed E-state index contributed by atoms with van der Waals surface area (Å²) in [6.07, 6.45) is 5.79. The number of aryl methyl sites for hydroxylation is 1. The molecule has 0 spiro atoms. The van der Waals surface area contributed by atoms with Gasteiger partial charge in [-0.1, -0.05) is 18.9 Å². The zero-order chi connectivity index (χ0) is 13.0. The number of aromatic nitrogens is 1. The highest BCUT2D eigenvalue weighted by Gasteiger charge is 2.39. The Labute approximate surface area is 108 Å². The van der Waals surface area contributed by atoms with Gasteiger partial charge < -0.3 is 11.1 Å². The highest BCUT2D eigenvalue weighted by atomic mass is 16.2. The van der Waals surface area contributed by atoms with Gasteiger partial charge in [-0.15, -0.1) is 0 Å². The van der Waals surface area contributed by atoms with Crippen molar-refractivity contribution < 1.29 is 4.79 Å². The zero-order valence-corrected chi connectivity index (χ0v) is 10.9. The van der Waals surface area contributed by atoms with Gasteiger partial charge >= 0.3 is 0 Å². The molecule has 0 unspecified atom stereocenters. The van der Waals surface area contributed by atoms with Crippen molar-refractivity contribution in [2.24, 2.45) is 11.1 Å². The van der Waals surface area contributed by atoms with E-state index >= 15 is 0 Å². The van der Waals surface area contributed by atoms with Crippen molar-refractivity contribution in [2.45, 2.75) is 39.2 Å². The number of carbonyl (C=O) groups excluding carboxylic acids is 1. The number of pyridine rings is 1. The van der Waals surface area contributed by atoms with E-state index in [0.717, 1.165) is 36.9 Å². The van der Waals surface area contributed by atoms with E-state index in [1.807, 2.05) is 19.1 Å². The minimum atomic E-state index is -0.331. The molecule has 0 bridgehead atoms. The molecule has 0 atom stereocenters. The predicted molar refractivity (Wildman–Crippen MR) is 70.8 cm³/mol. The van der Waals surface area contributed by atoms with E-state index < -0.39 is 0 Å². The van der Waals surface area contributed by atoms with Crippen molar-refractivity contribution in [1.82, 2.24) is 10.3 Å². The summed E-state index contributed by atoms with van der Waals surface area (Å²) in [5, 5.41) is 2.99. The molecule has 4 heteroatoms. The Balaban J connectivity index is 1.98. The first-order valence-corrected chi connectivity index (χ1v) is 6.57. The predicted octanol–water partition coefficient (Wildman–Crippen LogP) is 1.53. The van der Waals surface area contributed by atoms with Crippen molar-refractivity contribution >= 4 is 5.91 Å². The Morgan fingerprint density at radius 2 is 2.22 bits per heavy atom. The minimum absolute atomic E-state index is 0.0903. The summed E-state index contributed by atoms with van der Waals surface area (Å²) in [6, 6.07) is 3.90. The zero-order valence-electron chi connectivity index (χ0n) is 10.9. The molecule has 0 radical (unpaired) electrons. The summed E-state index contributed by atoms with van der Waals surface area (Å²) in [4.78, 5) is 16.5. The van der Waals surface area contributed by atoms with E-state index in [0.29, 0.717) is 13.1 Å². The van der Waals surface area contributed by atoms with E-state index in [1.54, 1.807) is 6.20 Å². The molecule has 1 fully saturated rings. The topological polar surface area (TPSA) is 68.0 Å². The maximum atomic E-state index is 12.3. The molecule has 1 heterocycles. The summed E-state index contributed by atoms with van der Waals surface area (Å²) >= 11 is 0. The fourth-order valence-electron chi connectivity index (χ4n) is 2.63. The van der Waals surface area contributed by atoms with Gasteiger partial charge in [0.05, 0.1) is 17.7 Å². The molecular formula is C14H21N3O. The van der Waals surface area contributed by atoms with Crippen LogP contribution in [0.5, 0.6) is 0 Å². The molecule has 1 saturated carbocycles. The number of nitrogens with zero attached hydrogens (tertiary/aromatic N) is 1. The van der Waals surface area contributed by atoms with Gasteiger partial charge in [0.1, 0.15) is 0 Å². The van der Waals surface area contributed by atoms with Gasteiger partial charge in [0, 0.05) is 12.7 Å². The van der Waals surface area contributed by atoms with Crippen LogP contribution in [0.4, 0.5) is 0 Å². The average molecular weight is 247 g/mol. The number of hydrogen-bond acceptors (Lipinski definition) is 3. The highest BCUT2D eigenvalue weighted by molar-refractivity contribution is 5.83. The van der Waals surface area contributed by atoms with Crippen molar-refractivity contribution in [3.63, 3.8) is 0 Å². The first kappa shape index (κ1) is 13.0. The Hall–Kier alpha value is -1.42. The van der Waals surface area contributed by atoms with Gasteiger partial charge in [0.15, 0.2) is 0 Å². The van der Waals surface area contributed by atoms with Gasteiger partial charge in [0.2, 0.25) is 5.91 Å². The smallest absolute Gasteiger partial charge is 0.227 e. The Bertz CT molecular complexity index is 425. The van der Waals surface area contributed by atoms with Gasteiger partial charge in [-0.2, -0.15) is 0 Å². The van der Waals surface area contributed by atoms with Crippen LogP contribution < -0.4 is 11.1 Å². The third-order valence-electron chi connectivity index (χ3n) is 3.97. The molecule has 4 nitrogen and oxygen atoms in total. The van der Waals surface area contributed by atoms with Crippen molar-refractivity contribution in [3.8, 4) is 0 Å². The number of nitrogens with two attached hydrogens (primary N) is 1. The molecule has 18 heavy (non-hydrogen) atoms. The maximum Gasteiger partial charge on any atom is 0.227 e. The lowest BCUT2D eigenvalue weighted by Gasteiger charge is -2.25. The SMILES string of the molecule is Cc1cccnc1CNC(=O)C1(CN)CCCC1. The van der Waals surface area contributed by atoms with Crippen LogP contribution in [-0.2, 0) is 11.3 Å². The standard InChI is InChI=1S/C14H21N3O/c1-11-5-4-8-16-12(11)9-17-13(18)14(10-15)6-2-3-7-14/h4-5,8H,2-3,6-7,9-10,15H2,1H3,(H,17,18). The molecule has 1 aliphatic rings. The average Bonchev–Trinajstić information content (AvgIpc) is 2.87. The molecule has 98 valence electrons. The maximum absolute atomic E-state index is 12.3. The number of hydrogen-bond donors (Lipinski definition) is 2. The fraction of sp³-hybridized carbons (Fsp3) is 0.571. The summed E-state index contributed by atoms with van der Waals surface area (Å²) in [5.41, 5.74) is 7.49. The Morgan fingerprint density at radius 3 is 2.83 bits per heavy atom. The van der Waals surface area contributed by atoms with E-state index in [2.05, 4.69) is 10.3 Å². The molecule has 2 rings (SSSR count). The number of carbonyl (C=O) groups is 1. The van der Waals surface area contributed by atoms with E-state index in [1.165, 1.54) is 0 Å². The molecule has 0 saturated heterocycles. The summed E-state index contributed by atoms with van der Waals surface area (Å²) in [7, 11) is 0. The summed E-state index contributed by atoms with van der Waals surface area (Å²) in [5.74, 6) is 0.0903.